The van der Waals surface area contributed by atoms with Gasteiger partial charge in [-0.25, -0.2) is 0 Å². The fourth-order valence-electron chi connectivity index (χ4n) is 0. The Hall–Kier alpha value is 2.30. The first kappa shape index (κ1) is 33.5. The van der Waals surface area contributed by atoms with Crippen LogP contribution in [0.1, 0.15) is 0 Å². The second-order valence-electron chi connectivity index (χ2n) is 0. The van der Waals surface area contributed by atoms with Crippen molar-refractivity contribution in [2.75, 3.05) is 0 Å². The van der Waals surface area contributed by atoms with E-state index in [0.29, 0.717) is 0 Å². The molecule has 0 saturated carbocycles. The summed E-state index contributed by atoms with van der Waals surface area (Å²) < 4.78 is 0. The van der Waals surface area contributed by atoms with Crippen LogP contribution in [0.25, 0.3) is 0 Å². The van der Waals surface area contributed by atoms with Gasteiger partial charge in [0.1, 0.15) is 0 Å². The molecule has 0 aromatic rings. The zero-order valence-electron chi connectivity index (χ0n) is 3.00. The first-order chi connectivity index (χ1) is 0. The largest absolute Gasteiger partial charge is 0.197 e. The Morgan fingerprint density at radius 2 is 0.750 bits per heavy atom. The minimum absolute atomic E-state index is 0. The van der Waals surface area contributed by atoms with Crippen LogP contribution in [0, 0.1) is 0 Å². The molecule has 0 aromatic carbocycles. The predicted molar refractivity (Wildman–Crippen MR) is 32.3 cm³/mol. The van der Waals surface area contributed by atoms with Gasteiger partial charge in [-0.2, -0.15) is 27.0 Å². The molecule has 4 heteroatoms. The van der Waals surface area contributed by atoms with E-state index in [-0.39, 0.29) is 75.4 Å². The standard InChI is InChI=1S/Li.Na.2H2S/h;;2*1H2. The maximum absolute atomic E-state index is 0. The van der Waals surface area contributed by atoms with Gasteiger partial charge in [-0.15, -0.1) is 0 Å². The average molecular weight is 98.1 g/mol. The fourth-order valence-corrected chi connectivity index (χ4v) is 0. The van der Waals surface area contributed by atoms with Crippen molar-refractivity contribution in [2.45, 2.75) is 0 Å². The third-order valence-corrected chi connectivity index (χ3v) is 0. The first-order valence-corrected chi connectivity index (χ1v) is 0. The van der Waals surface area contributed by atoms with E-state index < -0.39 is 0 Å². The van der Waals surface area contributed by atoms with E-state index in [1.54, 1.807) is 0 Å². The van der Waals surface area contributed by atoms with Crippen LogP contribution < -0.4 is 0 Å². The Morgan fingerprint density at radius 3 is 0.750 bits per heavy atom. The molecule has 0 aromatic heterocycles. The topological polar surface area (TPSA) is 0 Å². The van der Waals surface area contributed by atoms with Crippen LogP contribution in [0.2, 0.25) is 0 Å². The smallest absolute Gasteiger partial charge is 0 e. The summed E-state index contributed by atoms with van der Waals surface area (Å²) in [5.41, 5.74) is 0. The maximum atomic E-state index is 0. The minimum atomic E-state index is 0. The molecule has 18 valence electrons. The summed E-state index contributed by atoms with van der Waals surface area (Å²) in [6.45, 7) is 0. The van der Waals surface area contributed by atoms with Gasteiger partial charge in [0.15, 0.2) is 0 Å². The van der Waals surface area contributed by atoms with Crippen LogP contribution in [0.15, 0.2) is 0 Å². The summed E-state index contributed by atoms with van der Waals surface area (Å²) in [6.07, 6.45) is 0. The van der Waals surface area contributed by atoms with E-state index in [2.05, 4.69) is 0 Å². The number of hydrogen-bond donors (Lipinski definition) is 0. The average Bonchev–Trinajstić information content (AvgIpc) is 0. The van der Waals surface area contributed by atoms with Gasteiger partial charge in [0.05, 0.1) is 0 Å². The van der Waals surface area contributed by atoms with Gasteiger partial charge in [0.25, 0.3) is 0 Å². The SMILES string of the molecule is S.S.[Li].[Na]. The quantitative estimate of drug-likeness (QED) is 0.357. The van der Waals surface area contributed by atoms with Crippen LogP contribution in [-0.4, -0.2) is 48.4 Å². The molecule has 2 radical (unpaired) electrons. The molecule has 0 amide bonds. The van der Waals surface area contributed by atoms with Crippen molar-refractivity contribution in [3.63, 3.8) is 0 Å². The Kier molecular flexibility index (Phi) is 155. The van der Waals surface area contributed by atoms with Crippen molar-refractivity contribution in [1.82, 2.24) is 0 Å². The third kappa shape index (κ3) is 8.85. The molecule has 0 saturated heterocycles. The summed E-state index contributed by atoms with van der Waals surface area (Å²) in [4.78, 5) is 0. The second kappa shape index (κ2) is 18.5. The summed E-state index contributed by atoms with van der Waals surface area (Å²) in [7, 11) is 0. The van der Waals surface area contributed by atoms with Crippen LogP contribution in [0.5, 0.6) is 0 Å². The van der Waals surface area contributed by atoms with Crippen molar-refractivity contribution in [2.24, 2.45) is 0 Å². The van der Waals surface area contributed by atoms with E-state index in [1.807, 2.05) is 0 Å². The van der Waals surface area contributed by atoms with Crippen molar-refractivity contribution in [1.29, 1.82) is 0 Å². The second-order valence-corrected chi connectivity index (χ2v) is 0. The van der Waals surface area contributed by atoms with Crippen molar-refractivity contribution < 1.29 is 0 Å². The maximum Gasteiger partial charge on any atom is 0 e. The first-order valence-electron chi connectivity index (χ1n) is 0. The number of hydrogen-bond acceptors (Lipinski definition) is 0. The molecule has 0 nitrogen and oxygen atoms in total. The summed E-state index contributed by atoms with van der Waals surface area (Å²) in [6, 6.07) is 0. The van der Waals surface area contributed by atoms with Crippen molar-refractivity contribution >= 4 is 75.4 Å². The van der Waals surface area contributed by atoms with Crippen LogP contribution in [0.4, 0.5) is 0 Å². The molecular weight excluding hydrogens is 94.1 g/mol. The zero-order valence-corrected chi connectivity index (χ0v) is 7.00. The molecule has 0 bridgehead atoms. The van der Waals surface area contributed by atoms with Crippen LogP contribution in [-0.2, 0) is 0 Å². The molecule has 0 spiro atoms. The van der Waals surface area contributed by atoms with Crippen molar-refractivity contribution in [3.8, 4) is 0 Å². The molecule has 0 N–H and O–H groups in total. The molecule has 0 heterocycles. The molecule has 0 unspecified atom stereocenters. The molecule has 0 fully saturated rings. The van der Waals surface area contributed by atoms with Gasteiger partial charge in [0.2, 0.25) is 0 Å². The molecule has 0 aliphatic carbocycles. The Labute approximate surface area is 74.5 Å². The molecule has 0 atom stereocenters. The van der Waals surface area contributed by atoms with Crippen LogP contribution in [0.3, 0.4) is 0 Å². The molecule has 0 aliphatic rings. The van der Waals surface area contributed by atoms with Gasteiger partial charge in [-0.1, -0.05) is 0 Å². The van der Waals surface area contributed by atoms with E-state index in [0.717, 1.165) is 0 Å². The van der Waals surface area contributed by atoms with Crippen molar-refractivity contribution in [3.05, 3.63) is 0 Å². The third-order valence-electron chi connectivity index (χ3n) is 0. The monoisotopic (exact) mass is 98.0 g/mol. The minimum Gasteiger partial charge on any atom is -0.197 e. The number of rotatable bonds is 0. The zero-order chi connectivity index (χ0) is 0. The normalized spacial score (nSPS) is 0. The molecule has 0 aliphatic heterocycles. The summed E-state index contributed by atoms with van der Waals surface area (Å²) in [5, 5.41) is 0. The van der Waals surface area contributed by atoms with E-state index in [4.69, 9.17) is 0 Å². The van der Waals surface area contributed by atoms with E-state index >= 15 is 0 Å². The van der Waals surface area contributed by atoms with Crippen LogP contribution >= 0.6 is 27.0 Å². The van der Waals surface area contributed by atoms with Gasteiger partial charge >= 0.3 is 0 Å². The van der Waals surface area contributed by atoms with Gasteiger partial charge in [-0.05, 0) is 0 Å². The summed E-state index contributed by atoms with van der Waals surface area (Å²) >= 11 is 0. The fraction of sp³-hybridized carbons (Fsp3) is 0. The van der Waals surface area contributed by atoms with Gasteiger partial charge < -0.3 is 0 Å². The van der Waals surface area contributed by atoms with E-state index in [9.17, 15) is 0 Å². The predicted octanol–water partition coefficient (Wildman–Crippen LogP) is -0.536. The Morgan fingerprint density at radius 1 is 0.750 bits per heavy atom. The molecule has 4 heavy (non-hydrogen) atoms. The Bertz CT molecular complexity index is 6.00. The molecular formula is H4LiNaS2. The van der Waals surface area contributed by atoms with Gasteiger partial charge in [0, 0.05) is 48.4 Å². The Balaban J connectivity index is 0. The molecule has 0 rings (SSSR count). The van der Waals surface area contributed by atoms with Gasteiger partial charge in [-0.3, -0.25) is 0 Å². The van der Waals surface area contributed by atoms with E-state index in [1.165, 1.54) is 0 Å². The summed E-state index contributed by atoms with van der Waals surface area (Å²) in [5.74, 6) is 0.